The van der Waals surface area contributed by atoms with Crippen LogP contribution < -0.4 is 0 Å². The molecular formula is C13H14Cl2FNO. The van der Waals surface area contributed by atoms with E-state index in [1.807, 2.05) is 0 Å². The van der Waals surface area contributed by atoms with Crippen LogP contribution in [0.15, 0.2) is 18.2 Å². The molecule has 1 aromatic carbocycles. The first-order valence-electron chi connectivity index (χ1n) is 5.82. The molecule has 1 aromatic rings. The van der Waals surface area contributed by atoms with Gasteiger partial charge in [-0.2, -0.15) is 0 Å². The molecule has 1 aliphatic carbocycles. The summed E-state index contributed by atoms with van der Waals surface area (Å²) in [6.07, 6.45) is 1.88. The Hall–Kier alpha value is -0.800. The fourth-order valence-electron chi connectivity index (χ4n) is 2.12. The first kappa shape index (κ1) is 13.6. The van der Waals surface area contributed by atoms with Gasteiger partial charge in [-0.1, -0.05) is 11.6 Å². The van der Waals surface area contributed by atoms with Crippen molar-refractivity contribution in [3.8, 4) is 0 Å². The van der Waals surface area contributed by atoms with Gasteiger partial charge < -0.3 is 4.90 Å². The topological polar surface area (TPSA) is 20.3 Å². The highest BCUT2D eigenvalue weighted by atomic mass is 35.5. The molecule has 0 heterocycles. The highest BCUT2D eigenvalue weighted by molar-refractivity contribution is 6.30. The molecule has 1 aliphatic rings. The summed E-state index contributed by atoms with van der Waals surface area (Å²) in [6.45, 7) is 0.659. The van der Waals surface area contributed by atoms with E-state index < -0.39 is 5.82 Å². The second-order valence-corrected chi connectivity index (χ2v) is 5.77. The van der Waals surface area contributed by atoms with E-state index in [0.717, 1.165) is 12.8 Å². The third kappa shape index (κ3) is 2.96. The standard InChI is InChI=1S/C13H14Cl2FNO/c1-17(7-8-4-10(14)5-8)13(18)9-2-3-11(15)12(16)6-9/h2-3,6,8,10H,4-5,7H2,1H3. The predicted octanol–water partition coefficient (Wildman–Crippen LogP) is 3.57. The number of amides is 1. The molecule has 1 amide bonds. The Bertz CT molecular complexity index is 460. The van der Waals surface area contributed by atoms with E-state index in [2.05, 4.69) is 0 Å². The minimum absolute atomic E-state index is 0.0261. The second kappa shape index (κ2) is 5.45. The maximum absolute atomic E-state index is 13.3. The first-order valence-corrected chi connectivity index (χ1v) is 6.63. The van der Waals surface area contributed by atoms with E-state index in [4.69, 9.17) is 23.2 Å². The van der Waals surface area contributed by atoms with Gasteiger partial charge in [-0.3, -0.25) is 4.79 Å². The molecule has 98 valence electrons. The Labute approximate surface area is 116 Å². The zero-order valence-electron chi connectivity index (χ0n) is 10.00. The average Bonchev–Trinajstić information content (AvgIpc) is 2.29. The monoisotopic (exact) mass is 289 g/mol. The van der Waals surface area contributed by atoms with Gasteiger partial charge in [-0.15, -0.1) is 11.6 Å². The van der Waals surface area contributed by atoms with Crippen LogP contribution in [0.2, 0.25) is 5.02 Å². The number of benzene rings is 1. The quantitative estimate of drug-likeness (QED) is 0.779. The molecule has 0 radical (unpaired) electrons. The summed E-state index contributed by atoms with van der Waals surface area (Å²) in [5.74, 6) is -0.303. The summed E-state index contributed by atoms with van der Waals surface area (Å²) in [4.78, 5) is 13.7. The van der Waals surface area contributed by atoms with E-state index in [9.17, 15) is 9.18 Å². The minimum atomic E-state index is -0.569. The minimum Gasteiger partial charge on any atom is -0.341 e. The molecule has 0 N–H and O–H groups in total. The fourth-order valence-corrected chi connectivity index (χ4v) is 2.74. The number of alkyl halides is 1. The lowest BCUT2D eigenvalue weighted by Gasteiger charge is -2.34. The summed E-state index contributed by atoms with van der Waals surface area (Å²) in [6, 6.07) is 4.11. The Morgan fingerprint density at radius 2 is 2.17 bits per heavy atom. The van der Waals surface area contributed by atoms with Crippen LogP contribution in [-0.4, -0.2) is 29.8 Å². The smallest absolute Gasteiger partial charge is 0.253 e. The number of hydrogen-bond donors (Lipinski definition) is 0. The van der Waals surface area contributed by atoms with Crippen molar-refractivity contribution >= 4 is 29.1 Å². The maximum Gasteiger partial charge on any atom is 0.253 e. The Morgan fingerprint density at radius 1 is 1.50 bits per heavy atom. The molecule has 0 atom stereocenters. The van der Waals surface area contributed by atoms with Crippen molar-refractivity contribution in [3.05, 3.63) is 34.6 Å². The summed E-state index contributed by atoms with van der Waals surface area (Å²) in [7, 11) is 1.72. The van der Waals surface area contributed by atoms with Crippen LogP contribution in [0.5, 0.6) is 0 Å². The molecule has 1 fully saturated rings. The lowest BCUT2D eigenvalue weighted by atomic mass is 9.84. The second-order valence-electron chi connectivity index (χ2n) is 4.75. The van der Waals surface area contributed by atoms with E-state index in [-0.39, 0.29) is 16.3 Å². The molecule has 0 aliphatic heterocycles. The number of halogens is 3. The zero-order valence-corrected chi connectivity index (χ0v) is 11.5. The van der Waals surface area contributed by atoms with Crippen LogP contribution >= 0.6 is 23.2 Å². The molecule has 0 spiro atoms. The number of nitrogens with zero attached hydrogens (tertiary/aromatic N) is 1. The summed E-state index contributed by atoms with van der Waals surface area (Å²) in [5, 5.41) is 0.268. The van der Waals surface area contributed by atoms with Gasteiger partial charge in [0.15, 0.2) is 0 Å². The number of carbonyl (C=O) groups excluding carboxylic acids is 1. The van der Waals surface area contributed by atoms with Gasteiger partial charge in [0, 0.05) is 24.5 Å². The van der Waals surface area contributed by atoms with Crippen LogP contribution in [0, 0.1) is 11.7 Å². The van der Waals surface area contributed by atoms with Gasteiger partial charge in [-0.05, 0) is 37.0 Å². The third-order valence-electron chi connectivity index (χ3n) is 3.22. The average molecular weight is 290 g/mol. The molecule has 2 rings (SSSR count). The summed E-state index contributed by atoms with van der Waals surface area (Å²) >= 11 is 11.5. The molecule has 0 unspecified atom stereocenters. The molecule has 2 nitrogen and oxygen atoms in total. The van der Waals surface area contributed by atoms with Crippen LogP contribution in [0.4, 0.5) is 4.39 Å². The van der Waals surface area contributed by atoms with Crippen LogP contribution in [0.1, 0.15) is 23.2 Å². The molecule has 0 bridgehead atoms. The van der Waals surface area contributed by atoms with E-state index in [0.29, 0.717) is 18.0 Å². The van der Waals surface area contributed by atoms with Crippen LogP contribution in [0.25, 0.3) is 0 Å². The van der Waals surface area contributed by atoms with Gasteiger partial charge in [0.05, 0.1) is 5.02 Å². The van der Waals surface area contributed by atoms with Gasteiger partial charge in [0.2, 0.25) is 0 Å². The molecule has 18 heavy (non-hydrogen) atoms. The van der Waals surface area contributed by atoms with Gasteiger partial charge in [-0.25, -0.2) is 4.39 Å². The van der Waals surface area contributed by atoms with Gasteiger partial charge in [0.1, 0.15) is 5.82 Å². The van der Waals surface area contributed by atoms with Crippen LogP contribution in [0.3, 0.4) is 0 Å². The van der Waals surface area contributed by atoms with Crippen molar-refractivity contribution in [1.29, 1.82) is 0 Å². The molecule has 0 aromatic heterocycles. The SMILES string of the molecule is CN(CC1CC(Cl)C1)C(=O)c1ccc(Cl)c(F)c1. The largest absolute Gasteiger partial charge is 0.341 e. The van der Waals surface area contributed by atoms with Crippen LogP contribution in [-0.2, 0) is 0 Å². The Morgan fingerprint density at radius 3 is 2.72 bits per heavy atom. The van der Waals surface area contributed by atoms with Crippen molar-refractivity contribution in [2.75, 3.05) is 13.6 Å². The van der Waals surface area contributed by atoms with Gasteiger partial charge in [0.25, 0.3) is 5.91 Å². The van der Waals surface area contributed by atoms with E-state index >= 15 is 0 Å². The molecule has 5 heteroatoms. The Kier molecular flexibility index (Phi) is 4.13. The number of hydrogen-bond acceptors (Lipinski definition) is 1. The van der Waals surface area contributed by atoms with Gasteiger partial charge >= 0.3 is 0 Å². The van der Waals surface area contributed by atoms with Crippen molar-refractivity contribution < 1.29 is 9.18 Å². The maximum atomic E-state index is 13.3. The molecule has 1 saturated carbocycles. The Balaban J connectivity index is 1.99. The zero-order chi connectivity index (χ0) is 13.3. The van der Waals surface area contributed by atoms with Crippen molar-refractivity contribution in [3.63, 3.8) is 0 Å². The lowest BCUT2D eigenvalue weighted by molar-refractivity contribution is 0.0746. The lowest BCUT2D eigenvalue weighted by Crippen LogP contribution is -2.37. The normalized spacial score (nSPS) is 22.4. The van der Waals surface area contributed by atoms with E-state index in [1.165, 1.54) is 18.2 Å². The first-order chi connectivity index (χ1) is 8.47. The summed E-state index contributed by atoms with van der Waals surface area (Å²) < 4.78 is 13.3. The van der Waals surface area contributed by atoms with Crippen molar-refractivity contribution in [2.45, 2.75) is 18.2 Å². The predicted molar refractivity (Wildman–Crippen MR) is 70.7 cm³/mol. The highest BCUT2D eigenvalue weighted by Crippen LogP contribution is 2.32. The van der Waals surface area contributed by atoms with Crippen molar-refractivity contribution in [2.24, 2.45) is 5.92 Å². The number of carbonyl (C=O) groups is 1. The molecule has 0 saturated heterocycles. The van der Waals surface area contributed by atoms with Crippen molar-refractivity contribution in [1.82, 2.24) is 4.90 Å². The highest BCUT2D eigenvalue weighted by Gasteiger charge is 2.29. The molecular weight excluding hydrogens is 276 g/mol. The fraction of sp³-hybridized carbons (Fsp3) is 0.462. The summed E-state index contributed by atoms with van der Waals surface area (Å²) in [5.41, 5.74) is 0.321. The van der Waals surface area contributed by atoms with E-state index in [1.54, 1.807) is 11.9 Å². The number of rotatable bonds is 3. The third-order valence-corrected chi connectivity index (χ3v) is 3.89.